The van der Waals surface area contributed by atoms with Gasteiger partial charge in [-0.05, 0) is 49.9 Å². The summed E-state index contributed by atoms with van der Waals surface area (Å²) in [6.45, 7) is 9.48. The number of amides is 1. The van der Waals surface area contributed by atoms with Gasteiger partial charge in [0.25, 0.3) is 5.91 Å². The minimum atomic E-state index is -0.0732. The number of anilines is 1. The number of rotatable bonds is 8. The Bertz CT molecular complexity index is 399. The molecular weight excluding hydrogens is 248 g/mol. The topological polar surface area (TPSA) is 41.1 Å². The summed E-state index contributed by atoms with van der Waals surface area (Å²) < 4.78 is 0. The highest BCUT2D eigenvalue weighted by Crippen LogP contribution is 2.20. The van der Waals surface area contributed by atoms with Crippen molar-refractivity contribution in [3.8, 4) is 0 Å². The molecule has 0 saturated carbocycles. The van der Waals surface area contributed by atoms with Crippen molar-refractivity contribution >= 4 is 11.6 Å². The van der Waals surface area contributed by atoms with Crippen molar-refractivity contribution in [2.45, 2.75) is 58.9 Å². The third kappa shape index (κ3) is 4.26. The highest BCUT2D eigenvalue weighted by molar-refractivity contribution is 5.95. The predicted octanol–water partition coefficient (Wildman–Crippen LogP) is 4.21. The lowest BCUT2D eigenvalue weighted by atomic mass is 9.89. The lowest BCUT2D eigenvalue weighted by Crippen LogP contribution is -2.47. The highest BCUT2D eigenvalue weighted by Gasteiger charge is 2.26. The zero-order valence-corrected chi connectivity index (χ0v) is 13.3. The quantitative estimate of drug-likeness (QED) is 0.747. The summed E-state index contributed by atoms with van der Waals surface area (Å²) in [7, 11) is 0. The van der Waals surface area contributed by atoms with Crippen molar-refractivity contribution in [2.24, 2.45) is 0 Å². The van der Waals surface area contributed by atoms with E-state index in [-0.39, 0.29) is 11.4 Å². The number of benzene rings is 1. The van der Waals surface area contributed by atoms with E-state index < -0.39 is 0 Å². The zero-order chi connectivity index (χ0) is 15.0. The summed E-state index contributed by atoms with van der Waals surface area (Å²) in [5, 5.41) is 6.51. The highest BCUT2D eigenvalue weighted by atomic mass is 16.1. The minimum absolute atomic E-state index is 0.0255. The Kier molecular flexibility index (Phi) is 6.56. The van der Waals surface area contributed by atoms with E-state index in [4.69, 9.17) is 0 Å². The van der Waals surface area contributed by atoms with Gasteiger partial charge in [-0.15, -0.1) is 0 Å². The molecule has 0 fully saturated rings. The lowest BCUT2D eigenvalue weighted by Gasteiger charge is -2.31. The van der Waals surface area contributed by atoms with Gasteiger partial charge in [0.1, 0.15) is 0 Å². The Morgan fingerprint density at radius 3 is 2.00 bits per heavy atom. The molecule has 112 valence electrons. The fourth-order valence-corrected chi connectivity index (χ4v) is 2.34. The van der Waals surface area contributed by atoms with Crippen LogP contribution in [0, 0.1) is 0 Å². The van der Waals surface area contributed by atoms with Gasteiger partial charge in [0.15, 0.2) is 0 Å². The van der Waals surface area contributed by atoms with Crippen LogP contribution in [-0.4, -0.2) is 18.0 Å². The number of hydrogen-bond donors (Lipinski definition) is 2. The van der Waals surface area contributed by atoms with Crippen LogP contribution < -0.4 is 10.6 Å². The molecule has 0 aliphatic rings. The number of nitrogens with one attached hydrogen (secondary N) is 2. The minimum Gasteiger partial charge on any atom is -0.385 e. The summed E-state index contributed by atoms with van der Waals surface area (Å²) in [6.07, 6.45) is 3.97. The summed E-state index contributed by atoms with van der Waals surface area (Å²) in [5.74, 6) is 0.0255. The number of hydrogen-bond acceptors (Lipinski definition) is 2. The van der Waals surface area contributed by atoms with Gasteiger partial charge in [0, 0.05) is 23.3 Å². The Hall–Kier alpha value is -1.51. The van der Waals surface area contributed by atoms with Crippen molar-refractivity contribution in [3.63, 3.8) is 0 Å². The van der Waals surface area contributed by atoms with Crippen molar-refractivity contribution < 1.29 is 4.79 Å². The van der Waals surface area contributed by atoms with Gasteiger partial charge < -0.3 is 10.6 Å². The van der Waals surface area contributed by atoms with Crippen LogP contribution in [0.25, 0.3) is 0 Å². The SMILES string of the molecule is CCCNc1ccc(C(=O)NC(CC)(CC)CC)cc1. The van der Waals surface area contributed by atoms with E-state index in [1.807, 2.05) is 24.3 Å². The second-order valence-corrected chi connectivity index (χ2v) is 5.30. The maximum Gasteiger partial charge on any atom is 0.251 e. The fraction of sp³-hybridized carbons (Fsp3) is 0.588. The van der Waals surface area contributed by atoms with Crippen LogP contribution in [0.4, 0.5) is 5.69 Å². The van der Waals surface area contributed by atoms with Crippen molar-refractivity contribution in [3.05, 3.63) is 29.8 Å². The first-order chi connectivity index (χ1) is 9.60. The summed E-state index contributed by atoms with van der Waals surface area (Å²) in [6, 6.07) is 7.71. The molecule has 0 atom stereocenters. The second kappa shape index (κ2) is 7.93. The van der Waals surface area contributed by atoms with Crippen molar-refractivity contribution in [2.75, 3.05) is 11.9 Å². The third-order valence-corrected chi connectivity index (χ3v) is 4.14. The van der Waals surface area contributed by atoms with Crippen molar-refractivity contribution in [1.82, 2.24) is 5.32 Å². The fourth-order valence-electron chi connectivity index (χ4n) is 2.34. The lowest BCUT2D eigenvalue weighted by molar-refractivity contribution is 0.0888. The predicted molar refractivity (Wildman–Crippen MR) is 86.3 cm³/mol. The van der Waals surface area contributed by atoms with Gasteiger partial charge >= 0.3 is 0 Å². The molecule has 0 spiro atoms. The molecule has 0 radical (unpaired) electrons. The monoisotopic (exact) mass is 276 g/mol. The molecule has 20 heavy (non-hydrogen) atoms. The molecule has 0 bridgehead atoms. The molecule has 0 unspecified atom stereocenters. The molecule has 1 rings (SSSR count). The summed E-state index contributed by atoms with van der Waals surface area (Å²) >= 11 is 0. The third-order valence-electron chi connectivity index (χ3n) is 4.14. The number of carbonyl (C=O) groups excluding carboxylic acids is 1. The van der Waals surface area contributed by atoms with Crippen LogP contribution in [0.3, 0.4) is 0 Å². The van der Waals surface area contributed by atoms with E-state index in [1.54, 1.807) is 0 Å². The smallest absolute Gasteiger partial charge is 0.251 e. The molecule has 3 heteroatoms. The Balaban J connectivity index is 2.72. The van der Waals surface area contributed by atoms with E-state index in [0.717, 1.165) is 43.5 Å². The molecule has 1 amide bonds. The maximum atomic E-state index is 12.3. The normalized spacial score (nSPS) is 11.2. The van der Waals surface area contributed by atoms with Gasteiger partial charge in [-0.3, -0.25) is 4.79 Å². The molecule has 1 aromatic carbocycles. The molecule has 3 nitrogen and oxygen atoms in total. The Morgan fingerprint density at radius 2 is 1.55 bits per heavy atom. The molecule has 0 heterocycles. The zero-order valence-electron chi connectivity index (χ0n) is 13.3. The van der Waals surface area contributed by atoms with Gasteiger partial charge in [-0.25, -0.2) is 0 Å². The van der Waals surface area contributed by atoms with Crippen LogP contribution in [-0.2, 0) is 0 Å². The van der Waals surface area contributed by atoms with Crippen LogP contribution >= 0.6 is 0 Å². The summed E-state index contributed by atoms with van der Waals surface area (Å²) in [5.41, 5.74) is 1.72. The van der Waals surface area contributed by atoms with E-state index in [0.29, 0.717) is 0 Å². The average molecular weight is 276 g/mol. The van der Waals surface area contributed by atoms with E-state index in [9.17, 15) is 4.79 Å². The first kappa shape index (κ1) is 16.5. The van der Waals surface area contributed by atoms with Crippen LogP contribution in [0.15, 0.2) is 24.3 Å². The Labute approximate surface area is 123 Å². The van der Waals surface area contributed by atoms with E-state index >= 15 is 0 Å². The van der Waals surface area contributed by atoms with Crippen LogP contribution in [0.5, 0.6) is 0 Å². The molecule has 0 aromatic heterocycles. The number of carbonyl (C=O) groups is 1. The van der Waals surface area contributed by atoms with Gasteiger partial charge in [0.05, 0.1) is 0 Å². The van der Waals surface area contributed by atoms with E-state index in [1.165, 1.54) is 0 Å². The molecule has 0 aliphatic carbocycles. The molecule has 0 saturated heterocycles. The van der Waals surface area contributed by atoms with E-state index in [2.05, 4.69) is 38.3 Å². The average Bonchev–Trinajstić information content (AvgIpc) is 2.51. The largest absolute Gasteiger partial charge is 0.385 e. The summed E-state index contributed by atoms with van der Waals surface area (Å²) in [4.78, 5) is 12.3. The second-order valence-electron chi connectivity index (χ2n) is 5.30. The molecular formula is C17H28N2O. The van der Waals surface area contributed by atoms with Crippen molar-refractivity contribution in [1.29, 1.82) is 0 Å². The van der Waals surface area contributed by atoms with Crippen LogP contribution in [0.1, 0.15) is 63.7 Å². The maximum absolute atomic E-state index is 12.3. The Morgan fingerprint density at radius 1 is 1.00 bits per heavy atom. The first-order valence-corrected chi connectivity index (χ1v) is 7.77. The standard InChI is InChI=1S/C17H28N2O/c1-5-13-18-15-11-9-14(10-12-15)16(20)19-17(6-2,7-3)8-4/h9-12,18H,5-8,13H2,1-4H3,(H,19,20). The first-order valence-electron chi connectivity index (χ1n) is 7.77. The van der Waals surface area contributed by atoms with Gasteiger partial charge in [-0.2, -0.15) is 0 Å². The van der Waals surface area contributed by atoms with Gasteiger partial charge in [-0.1, -0.05) is 27.7 Å². The molecule has 0 aliphatic heterocycles. The molecule has 2 N–H and O–H groups in total. The molecule has 1 aromatic rings. The van der Waals surface area contributed by atoms with Crippen LogP contribution in [0.2, 0.25) is 0 Å². The van der Waals surface area contributed by atoms with Gasteiger partial charge in [0.2, 0.25) is 0 Å².